The van der Waals surface area contributed by atoms with Crippen LogP contribution in [0, 0.1) is 0 Å². The second-order valence-electron chi connectivity index (χ2n) is 5.18. The minimum absolute atomic E-state index is 0.0404. The van der Waals surface area contributed by atoms with Crippen molar-refractivity contribution < 1.29 is 4.74 Å². The minimum atomic E-state index is -0.134. The Morgan fingerprint density at radius 2 is 2.24 bits per heavy atom. The molecule has 0 fully saturated rings. The maximum atomic E-state index is 12.0. The number of ether oxygens (including phenoxy) is 1. The van der Waals surface area contributed by atoms with Crippen LogP contribution in [0.25, 0.3) is 21.9 Å². The Kier molecular flexibility index (Phi) is 3.59. The van der Waals surface area contributed by atoms with Crippen LogP contribution >= 0.6 is 15.9 Å². The third-order valence-corrected chi connectivity index (χ3v) is 4.24. The number of fused-ring (bicyclic) bond motifs is 3. The Morgan fingerprint density at radius 1 is 1.48 bits per heavy atom. The molecule has 110 valence electrons. The average molecular weight is 350 g/mol. The second-order valence-corrected chi connectivity index (χ2v) is 6.10. The molecule has 0 bridgehead atoms. The molecule has 0 aliphatic carbocycles. The Hall–Kier alpha value is -1.66. The van der Waals surface area contributed by atoms with E-state index in [4.69, 9.17) is 9.72 Å². The molecule has 0 spiro atoms. The van der Waals surface area contributed by atoms with Crippen molar-refractivity contribution in [2.75, 3.05) is 7.11 Å². The molecular weight excluding hydrogens is 334 g/mol. The lowest BCUT2D eigenvalue weighted by Crippen LogP contribution is -2.15. The fourth-order valence-electron chi connectivity index (χ4n) is 2.55. The van der Waals surface area contributed by atoms with Gasteiger partial charge in [0, 0.05) is 30.4 Å². The summed E-state index contributed by atoms with van der Waals surface area (Å²) in [4.78, 5) is 19.7. The number of aromatic amines is 1. The topological polar surface area (TPSA) is 59.9 Å². The molecule has 6 heteroatoms. The molecule has 2 heterocycles. The van der Waals surface area contributed by atoms with Crippen molar-refractivity contribution in [3.8, 4) is 0 Å². The van der Waals surface area contributed by atoms with Crippen molar-refractivity contribution in [3.05, 3.63) is 38.9 Å². The number of pyridine rings is 1. The van der Waals surface area contributed by atoms with Gasteiger partial charge in [-0.2, -0.15) is 0 Å². The van der Waals surface area contributed by atoms with Crippen molar-refractivity contribution in [1.82, 2.24) is 14.5 Å². The zero-order chi connectivity index (χ0) is 15.1. The molecule has 1 aromatic carbocycles. The second kappa shape index (κ2) is 5.27. The van der Waals surface area contributed by atoms with Crippen LogP contribution in [-0.2, 0) is 18.2 Å². The van der Waals surface area contributed by atoms with Crippen molar-refractivity contribution in [1.29, 1.82) is 0 Å². The van der Waals surface area contributed by atoms with Gasteiger partial charge in [0.1, 0.15) is 0 Å². The van der Waals surface area contributed by atoms with E-state index in [9.17, 15) is 4.79 Å². The van der Waals surface area contributed by atoms with E-state index in [2.05, 4.69) is 20.9 Å². The number of aryl methyl sites for hydroxylation is 1. The number of hydrogen-bond donors (Lipinski definition) is 1. The van der Waals surface area contributed by atoms with Gasteiger partial charge in [-0.3, -0.25) is 9.55 Å². The molecule has 3 aromatic rings. The highest BCUT2D eigenvalue weighted by Crippen LogP contribution is 2.27. The van der Waals surface area contributed by atoms with Gasteiger partial charge in [-0.15, -0.1) is 0 Å². The molecule has 0 radical (unpaired) electrons. The summed E-state index contributed by atoms with van der Waals surface area (Å²) in [5.41, 5.74) is 3.27. The number of halogens is 1. The van der Waals surface area contributed by atoms with Gasteiger partial charge in [-0.05, 0) is 25.1 Å². The maximum Gasteiger partial charge on any atom is 0.326 e. The van der Waals surface area contributed by atoms with E-state index in [1.165, 1.54) is 0 Å². The number of nitrogens with one attached hydrogen (secondary N) is 1. The van der Waals surface area contributed by atoms with E-state index in [1.54, 1.807) is 18.7 Å². The van der Waals surface area contributed by atoms with Crippen molar-refractivity contribution in [3.63, 3.8) is 0 Å². The van der Waals surface area contributed by atoms with E-state index < -0.39 is 0 Å². The van der Waals surface area contributed by atoms with Crippen molar-refractivity contribution >= 4 is 37.9 Å². The van der Waals surface area contributed by atoms with Crippen LogP contribution in [-0.4, -0.2) is 27.7 Å². The summed E-state index contributed by atoms with van der Waals surface area (Å²) in [6.07, 6.45) is 0.697. The van der Waals surface area contributed by atoms with Gasteiger partial charge in [-0.1, -0.05) is 15.9 Å². The van der Waals surface area contributed by atoms with Crippen molar-refractivity contribution in [2.45, 2.75) is 19.4 Å². The van der Waals surface area contributed by atoms with E-state index in [1.807, 2.05) is 25.1 Å². The van der Waals surface area contributed by atoms with Crippen LogP contribution in [0.3, 0.4) is 0 Å². The number of methoxy groups -OCH3 is 1. The highest BCUT2D eigenvalue weighted by atomic mass is 79.9. The summed E-state index contributed by atoms with van der Waals surface area (Å²) in [5.74, 6) is 0. The predicted molar refractivity (Wildman–Crippen MR) is 86.7 cm³/mol. The summed E-state index contributed by atoms with van der Waals surface area (Å²) in [6, 6.07) is 5.88. The third kappa shape index (κ3) is 2.38. The lowest BCUT2D eigenvalue weighted by Gasteiger charge is -2.12. The number of benzene rings is 1. The quantitative estimate of drug-likeness (QED) is 0.790. The molecule has 21 heavy (non-hydrogen) atoms. The Balaban J connectivity index is 2.40. The lowest BCUT2D eigenvalue weighted by atomic mass is 10.1. The number of hydrogen-bond acceptors (Lipinski definition) is 3. The number of nitrogens with zero attached hydrogens (tertiary/aromatic N) is 2. The first kappa shape index (κ1) is 14.3. The van der Waals surface area contributed by atoms with Gasteiger partial charge < -0.3 is 9.72 Å². The number of H-pyrrole nitrogens is 1. The summed E-state index contributed by atoms with van der Waals surface area (Å²) >= 11 is 3.47. The molecule has 1 atom stereocenters. The number of aromatic nitrogens is 3. The zero-order valence-electron chi connectivity index (χ0n) is 12.1. The predicted octanol–water partition coefficient (Wildman–Crippen LogP) is 2.75. The van der Waals surface area contributed by atoms with Crippen LogP contribution in [0.5, 0.6) is 0 Å². The summed E-state index contributed by atoms with van der Waals surface area (Å²) in [5, 5.41) is 0.936. The highest BCUT2D eigenvalue weighted by Gasteiger charge is 2.16. The van der Waals surface area contributed by atoms with Crippen molar-refractivity contribution in [2.24, 2.45) is 7.05 Å². The first-order chi connectivity index (χ1) is 10.0. The molecule has 0 amide bonds. The van der Waals surface area contributed by atoms with Gasteiger partial charge >= 0.3 is 5.69 Å². The van der Waals surface area contributed by atoms with Gasteiger partial charge in [0.15, 0.2) is 0 Å². The van der Waals surface area contributed by atoms with Gasteiger partial charge in [0.2, 0.25) is 0 Å². The number of rotatable bonds is 3. The monoisotopic (exact) mass is 349 g/mol. The molecule has 2 aromatic heterocycles. The third-order valence-electron chi connectivity index (χ3n) is 3.75. The van der Waals surface area contributed by atoms with Crippen LogP contribution in [0.4, 0.5) is 0 Å². The molecule has 5 nitrogen and oxygen atoms in total. The van der Waals surface area contributed by atoms with Crippen LogP contribution in [0.1, 0.15) is 12.6 Å². The molecule has 0 unspecified atom stereocenters. The molecule has 3 rings (SSSR count). The summed E-state index contributed by atoms with van der Waals surface area (Å²) in [7, 11) is 3.43. The van der Waals surface area contributed by atoms with E-state index in [0.717, 1.165) is 32.1 Å². The SMILES string of the molecule is CO[C@@H](C)Cc1nc2ccc(Br)cc2c2[nH]c(=O)n(C)c12. The first-order valence-electron chi connectivity index (χ1n) is 6.71. The van der Waals surface area contributed by atoms with Gasteiger partial charge in [-0.25, -0.2) is 4.79 Å². The van der Waals surface area contributed by atoms with E-state index in [0.29, 0.717) is 6.42 Å². The fraction of sp³-hybridized carbons (Fsp3) is 0.333. The van der Waals surface area contributed by atoms with E-state index >= 15 is 0 Å². The summed E-state index contributed by atoms with van der Waals surface area (Å²) < 4.78 is 7.91. The fourth-order valence-corrected chi connectivity index (χ4v) is 2.92. The molecule has 0 saturated carbocycles. The largest absolute Gasteiger partial charge is 0.381 e. The molecule has 1 N–H and O–H groups in total. The van der Waals surface area contributed by atoms with Gasteiger partial charge in [0.25, 0.3) is 0 Å². The normalized spacial score (nSPS) is 13.1. The molecule has 0 aliphatic heterocycles. The minimum Gasteiger partial charge on any atom is -0.381 e. The smallest absolute Gasteiger partial charge is 0.326 e. The molecule has 0 aliphatic rings. The zero-order valence-corrected chi connectivity index (χ0v) is 13.7. The Bertz CT molecular complexity index is 882. The maximum absolute atomic E-state index is 12.0. The highest BCUT2D eigenvalue weighted by molar-refractivity contribution is 9.10. The van der Waals surface area contributed by atoms with Gasteiger partial charge in [0.05, 0.1) is 28.3 Å². The first-order valence-corrected chi connectivity index (χ1v) is 7.50. The van der Waals surface area contributed by atoms with Crippen LogP contribution in [0.2, 0.25) is 0 Å². The standard InChI is InChI=1S/C15H16BrN3O2/c1-8(21-3)6-12-14-13(18-15(20)19(14)2)10-7-9(16)4-5-11(10)17-12/h4-5,7-8H,6H2,1-3H3,(H,18,20)/t8-/m0/s1. The average Bonchev–Trinajstić information content (AvgIpc) is 2.76. The van der Waals surface area contributed by atoms with Crippen LogP contribution < -0.4 is 5.69 Å². The van der Waals surface area contributed by atoms with E-state index in [-0.39, 0.29) is 11.8 Å². The Labute approximate surface area is 130 Å². The summed E-state index contributed by atoms with van der Waals surface area (Å²) in [6.45, 7) is 1.99. The van der Waals surface area contributed by atoms with Crippen LogP contribution in [0.15, 0.2) is 27.5 Å². The lowest BCUT2D eigenvalue weighted by molar-refractivity contribution is 0.118. The molecule has 0 saturated heterocycles. The Morgan fingerprint density at radius 3 is 2.95 bits per heavy atom. The number of imidazole rings is 1. The molecular formula is C15H16BrN3O2.